The molecule has 0 amide bonds. The maximum atomic E-state index is 10.6. The van der Waals surface area contributed by atoms with Crippen molar-refractivity contribution in [1.29, 1.82) is 0 Å². The van der Waals surface area contributed by atoms with Crippen molar-refractivity contribution in [3.63, 3.8) is 0 Å². The molecular formula is C12H15N3O2. The molecule has 0 bridgehead atoms. The van der Waals surface area contributed by atoms with Gasteiger partial charge in [-0.2, -0.15) is 5.10 Å². The molecule has 0 radical (unpaired) electrons. The first-order valence-electron chi connectivity index (χ1n) is 5.63. The lowest BCUT2D eigenvalue weighted by atomic mass is 10.1. The zero-order valence-electron chi connectivity index (χ0n) is 9.92. The standard InChI is InChI=1S/C12H15N3O2/c1-8(2)10-4-5-11-13-7-9(15(11)14-10)3-6-12(16)17/h4-5,7-8H,3,6H2,1-2H3,(H,16,17). The molecule has 2 aromatic rings. The van der Waals surface area contributed by atoms with Crippen molar-refractivity contribution in [3.05, 3.63) is 29.7 Å². The van der Waals surface area contributed by atoms with E-state index >= 15 is 0 Å². The van der Waals surface area contributed by atoms with Crippen molar-refractivity contribution in [2.75, 3.05) is 0 Å². The van der Waals surface area contributed by atoms with Crippen LogP contribution in [0.25, 0.3) is 5.65 Å². The van der Waals surface area contributed by atoms with Gasteiger partial charge in [0, 0.05) is 6.42 Å². The van der Waals surface area contributed by atoms with Gasteiger partial charge in [-0.1, -0.05) is 13.8 Å². The van der Waals surface area contributed by atoms with Gasteiger partial charge >= 0.3 is 5.97 Å². The lowest BCUT2D eigenvalue weighted by Gasteiger charge is -2.05. The molecule has 1 N–H and O–H groups in total. The number of aromatic nitrogens is 3. The highest BCUT2D eigenvalue weighted by Gasteiger charge is 2.08. The molecule has 0 aliphatic heterocycles. The molecule has 0 aliphatic carbocycles. The van der Waals surface area contributed by atoms with Crippen molar-refractivity contribution in [2.45, 2.75) is 32.6 Å². The molecule has 0 fully saturated rings. The lowest BCUT2D eigenvalue weighted by molar-refractivity contribution is -0.136. The summed E-state index contributed by atoms with van der Waals surface area (Å²) in [5.41, 5.74) is 2.58. The number of aliphatic carboxylic acids is 1. The third-order valence-corrected chi connectivity index (χ3v) is 2.64. The van der Waals surface area contributed by atoms with Crippen molar-refractivity contribution in [2.24, 2.45) is 0 Å². The van der Waals surface area contributed by atoms with Crippen LogP contribution in [0.2, 0.25) is 0 Å². The second kappa shape index (κ2) is 4.53. The van der Waals surface area contributed by atoms with E-state index in [1.165, 1.54) is 0 Å². The van der Waals surface area contributed by atoms with Crippen molar-refractivity contribution in [1.82, 2.24) is 14.6 Å². The summed E-state index contributed by atoms with van der Waals surface area (Å²) in [5, 5.41) is 13.2. The molecule has 5 nitrogen and oxygen atoms in total. The molecule has 2 heterocycles. The van der Waals surface area contributed by atoms with E-state index < -0.39 is 5.97 Å². The number of imidazole rings is 1. The molecule has 90 valence electrons. The molecule has 2 rings (SSSR count). The molecule has 0 atom stereocenters. The van der Waals surface area contributed by atoms with Crippen LogP contribution in [0, 0.1) is 0 Å². The highest BCUT2D eigenvalue weighted by Crippen LogP contribution is 2.13. The topological polar surface area (TPSA) is 67.5 Å². The fourth-order valence-electron chi connectivity index (χ4n) is 1.65. The van der Waals surface area contributed by atoms with Gasteiger partial charge in [0.05, 0.1) is 24.0 Å². The van der Waals surface area contributed by atoms with Gasteiger partial charge in [0.2, 0.25) is 0 Å². The first-order valence-corrected chi connectivity index (χ1v) is 5.63. The third kappa shape index (κ3) is 2.43. The predicted octanol–water partition coefficient (Wildman–Crippen LogP) is 1.87. The normalized spacial score (nSPS) is 11.2. The molecule has 5 heteroatoms. The summed E-state index contributed by atoms with van der Waals surface area (Å²) in [6.07, 6.45) is 2.24. The Labute approximate surface area is 99.1 Å². The van der Waals surface area contributed by atoms with Crippen LogP contribution < -0.4 is 0 Å². The smallest absolute Gasteiger partial charge is 0.303 e. The summed E-state index contributed by atoms with van der Waals surface area (Å²) in [5.74, 6) is -0.464. The minimum atomic E-state index is -0.806. The highest BCUT2D eigenvalue weighted by molar-refractivity contribution is 5.67. The summed E-state index contributed by atoms with van der Waals surface area (Å²) in [6.45, 7) is 4.14. The Morgan fingerprint density at radius 1 is 1.47 bits per heavy atom. The Morgan fingerprint density at radius 2 is 2.24 bits per heavy atom. The van der Waals surface area contributed by atoms with Crippen molar-refractivity contribution in [3.8, 4) is 0 Å². The van der Waals surface area contributed by atoms with Crippen LogP contribution in [0.1, 0.15) is 37.6 Å². The van der Waals surface area contributed by atoms with Gasteiger partial charge in [0.15, 0.2) is 5.65 Å². The largest absolute Gasteiger partial charge is 0.481 e. The minimum absolute atomic E-state index is 0.0986. The zero-order chi connectivity index (χ0) is 12.4. The Morgan fingerprint density at radius 3 is 2.88 bits per heavy atom. The first-order chi connectivity index (χ1) is 8.08. The van der Waals surface area contributed by atoms with Crippen LogP contribution in [-0.4, -0.2) is 25.7 Å². The van der Waals surface area contributed by atoms with Crippen molar-refractivity contribution >= 4 is 11.6 Å². The number of carboxylic acid groups (broad SMARTS) is 1. The number of rotatable bonds is 4. The van der Waals surface area contributed by atoms with Gasteiger partial charge < -0.3 is 5.11 Å². The first kappa shape index (κ1) is 11.6. The lowest BCUT2D eigenvalue weighted by Crippen LogP contribution is -2.05. The number of carbonyl (C=O) groups is 1. The summed E-state index contributed by atoms with van der Waals surface area (Å²) in [6, 6.07) is 3.86. The summed E-state index contributed by atoms with van der Waals surface area (Å²) >= 11 is 0. The quantitative estimate of drug-likeness (QED) is 0.875. The Bertz CT molecular complexity index is 546. The highest BCUT2D eigenvalue weighted by atomic mass is 16.4. The van der Waals surface area contributed by atoms with E-state index in [0.717, 1.165) is 17.0 Å². The molecule has 0 unspecified atom stereocenters. The van der Waals surface area contributed by atoms with E-state index in [-0.39, 0.29) is 6.42 Å². The van der Waals surface area contributed by atoms with Crippen LogP contribution in [0.4, 0.5) is 0 Å². The van der Waals surface area contributed by atoms with Gasteiger partial charge in [0.25, 0.3) is 0 Å². The monoisotopic (exact) mass is 233 g/mol. The molecule has 0 saturated heterocycles. The zero-order valence-corrected chi connectivity index (χ0v) is 9.92. The molecule has 0 spiro atoms. The summed E-state index contributed by atoms with van der Waals surface area (Å²) < 4.78 is 1.73. The molecule has 0 aromatic carbocycles. The molecule has 0 saturated carbocycles. The number of carboxylic acids is 1. The van der Waals surface area contributed by atoms with Crippen LogP contribution in [0.15, 0.2) is 18.3 Å². The number of nitrogens with zero attached hydrogens (tertiary/aromatic N) is 3. The Kier molecular flexibility index (Phi) is 3.08. The maximum absolute atomic E-state index is 10.6. The summed E-state index contributed by atoms with van der Waals surface area (Å²) in [7, 11) is 0. The van der Waals surface area contributed by atoms with Gasteiger partial charge in [-0.05, 0) is 18.1 Å². The van der Waals surface area contributed by atoms with Crippen LogP contribution in [0.3, 0.4) is 0 Å². The molecule has 2 aromatic heterocycles. The van der Waals surface area contributed by atoms with E-state index in [9.17, 15) is 4.79 Å². The second-order valence-corrected chi connectivity index (χ2v) is 4.33. The van der Waals surface area contributed by atoms with E-state index in [1.54, 1.807) is 10.7 Å². The number of hydrogen-bond donors (Lipinski definition) is 1. The minimum Gasteiger partial charge on any atom is -0.481 e. The van der Waals surface area contributed by atoms with Gasteiger partial charge in [0.1, 0.15) is 0 Å². The third-order valence-electron chi connectivity index (χ3n) is 2.64. The van der Waals surface area contributed by atoms with E-state index in [4.69, 9.17) is 5.11 Å². The fraction of sp³-hybridized carbons (Fsp3) is 0.417. The number of fused-ring (bicyclic) bond motifs is 1. The summed E-state index contributed by atoms with van der Waals surface area (Å²) in [4.78, 5) is 14.8. The van der Waals surface area contributed by atoms with E-state index in [0.29, 0.717) is 12.3 Å². The molecule has 17 heavy (non-hydrogen) atoms. The predicted molar refractivity (Wildman–Crippen MR) is 63.0 cm³/mol. The molecule has 0 aliphatic rings. The van der Waals surface area contributed by atoms with Crippen LogP contribution in [-0.2, 0) is 11.2 Å². The average molecular weight is 233 g/mol. The van der Waals surface area contributed by atoms with E-state index in [2.05, 4.69) is 23.9 Å². The second-order valence-electron chi connectivity index (χ2n) is 4.33. The fourth-order valence-corrected chi connectivity index (χ4v) is 1.65. The van der Waals surface area contributed by atoms with Gasteiger partial charge in [-0.3, -0.25) is 4.79 Å². The number of aryl methyl sites for hydroxylation is 1. The SMILES string of the molecule is CC(C)c1ccc2ncc(CCC(=O)O)n2n1. The number of hydrogen-bond acceptors (Lipinski definition) is 3. The van der Waals surface area contributed by atoms with Crippen molar-refractivity contribution < 1.29 is 9.90 Å². The van der Waals surface area contributed by atoms with Crippen LogP contribution in [0.5, 0.6) is 0 Å². The van der Waals surface area contributed by atoms with Gasteiger partial charge in [-0.15, -0.1) is 0 Å². The Hall–Kier alpha value is -1.91. The molecular weight excluding hydrogens is 218 g/mol. The Balaban J connectivity index is 2.36. The average Bonchev–Trinajstić information content (AvgIpc) is 2.68. The van der Waals surface area contributed by atoms with Gasteiger partial charge in [-0.25, -0.2) is 9.50 Å². The van der Waals surface area contributed by atoms with E-state index in [1.807, 2.05) is 12.1 Å². The maximum Gasteiger partial charge on any atom is 0.303 e. The van der Waals surface area contributed by atoms with Crippen LogP contribution >= 0.6 is 0 Å².